The lowest BCUT2D eigenvalue weighted by Gasteiger charge is -1.52. The van der Waals surface area contributed by atoms with Crippen molar-refractivity contribution in [3.05, 3.63) is 6.92 Å². The first kappa shape index (κ1) is 9.07. The standard InChI is InChI=1S/C2H6N.H3N/c1-2-3;/h1-3H2;1H3. The normalized spacial score (nSPS) is 4.50. The fraction of sp³-hybridized carbons (Fsp3) is 0.500. The van der Waals surface area contributed by atoms with Crippen LogP contribution in [-0.2, 0) is 0 Å². The molecule has 4 heavy (non-hydrogen) atoms. The highest BCUT2D eigenvalue weighted by Crippen LogP contribution is 1.17. The molecular formula is C2H9N2. The van der Waals surface area contributed by atoms with Crippen molar-refractivity contribution < 1.29 is 0 Å². The highest BCUT2D eigenvalue weighted by Gasteiger charge is 1.33. The van der Waals surface area contributed by atoms with Crippen molar-refractivity contribution in [2.24, 2.45) is 5.73 Å². The van der Waals surface area contributed by atoms with E-state index in [4.69, 9.17) is 5.73 Å². The van der Waals surface area contributed by atoms with Crippen molar-refractivity contribution in [1.29, 1.82) is 0 Å². The van der Waals surface area contributed by atoms with E-state index in [9.17, 15) is 0 Å². The summed E-state index contributed by atoms with van der Waals surface area (Å²) in [5, 5.41) is 0. The van der Waals surface area contributed by atoms with Crippen molar-refractivity contribution in [2.45, 2.75) is 0 Å². The van der Waals surface area contributed by atoms with E-state index in [1.165, 1.54) is 0 Å². The Labute approximate surface area is 26.6 Å². The number of hydrogen-bond donors (Lipinski definition) is 2. The fourth-order valence-electron chi connectivity index (χ4n) is 0. The molecule has 0 amide bonds. The van der Waals surface area contributed by atoms with Crippen molar-refractivity contribution in [2.75, 3.05) is 6.54 Å². The van der Waals surface area contributed by atoms with Gasteiger partial charge in [-0.1, -0.05) is 0 Å². The average molecular weight is 61.1 g/mol. The van der Waals surface area contributed by atoms with Gasteiger partial charge in [0.2, 0.25) is 0 Å². The van der Waals surface area contributed by atoms with Crippen LogP contribution in [0.5, 0.6) is 0 Å². The van der Waals surface area contributed by atoms with Crippen LogP contribution in [-0.4, -0.2) is 6.54 Å². The van der Waals surface area contributed by atoms with Gasteiger partial charge in [-0.05, 0) is 13.5 Å². The van der Waals surface area contributed by atoms with Crippen molar-refractivity contribution in [3.63, 3.8) is 0 Å². The summed E-state index contributed by atoms with van der Waals surface area (Å²) in [5.74, 6) is 0. The molecular weight excluding hydrogens is 52.0 g/mol. The van der Waals surface area contributed by atoms with Gasteiger partial charge >= 0.3 is 0 Å². The molecule has 0 fully saturated rings. The quantitative estimate of drug-likeness (QED) is 0.412. The predicted molar refractivity (Wildman–Crippen MR) is 19.4 cm³/mol. The summed E-state index contributed by atoms with van der Waals surface area (Å²) in [4.78, 5) is 0. The van der Waals surface area contributed by atoms with Gasteiger partial charge < -0.3 is 11.9 Å². The molecule has 0 aromatic carbocycles. The number of hydrogen-bond acceptors (Lipinski definition) is 2. The fourth-order valence-corrected chi connectivity index (χ4v) is 0. The van der Waals surface area contributed by atoms with Gasteiger partial charge in [0.1, 0.15) is 0 Å². The zero-order valence-electron chi connectivity index (χ0n) is 2.70. The molecule has 0 saturated carbocycles. The van der Waals surface area contributed by atoms with E-state index >= 15 is 0 Å². The Morgan fingerprint density at radius 2 is 1.75 bits per heavy atom. The minimum absolute atomic E-state index is 0. The third-order valence-electron chi connectivity index (χ3n) is 0. The van der Waals surface area contributed by atoms with E-state index < -0.39 is 0 Å². The maximum absolute atomic E-state index is 4.74. The monoisotopic (exact) mass is 61.1 g/mol. The van der Waals surface area contributed by atoms with Gasteiger partial charge in [0.15, 0.2) is 0 Å². The van der Waals surface area contributed by atoms with Gasteiger partial charge in [-0.3, -0.25) is 0 Å². The third-order valence-corrected chi connectivity index (χ3v) is 0. The van der Waals surface area contributed by atoms with Gasteiger partial charge in [0.05, 0.1) is 0 Å². The molecule has 0 rings (SSSR count). The van der Waals surface area contributed by atoms with Crippen molar-refractivity contribution in [1.82, 2.24) is 6.15 Å². The molecule has 0 bridgehead atoms. The molecule has 0 heterocycles. The smallest absolute Gasteiger partial charge is 0.00768 e. The van der Waals surface area contributed by atoms with Crippen molar-refractivity contribution in [3.8, 4) is 0 Å². The highest BCUT2D eigenvalue weighted by atomic mass is 14.5. The van der Waals surface area contributed by atoms with E-state index in [1.807, 2.05) is 0 Å². The molecule has 5 N–H and O–H groups in total. The molecule has 0 aromatic heterocycles. The van der Waals surface area contributed by atoms with Gasteiger partial charge in [-0.2, -0.15) is 0 Å². The van der Waals surface area contributed by atoms with Crippen LogP contribution in [0, 0.1) is 6.92 Å². The van der Waals surface area contributed by atoms with Crippen LogP contribution in [0.15, 0.2) is 0 Å². The Morgan fingerprint density at radius 3 is 1.75 bits per heavy atom. The van der Waals surface area contributed by atoms with E-state index in [0.29, 0.717) is 6.54 Å². The SMILES string of the molecule is N.[CH2]CN. The van der Waals surface area contributed by atoms with Crippen molar-refractivity contribution >= 4 is 0 Å². The van der Waals surface area contributed by atoms with Crippen LogP contribution in [0.2, 0.25) is 0 Å². The summed E-state index contributed by atoms with van der Waals surface area (Å²) < 4.78 is 0. The maximum Gasteiger partial charge on any atom is -0.00768 e. The molecule has 27 valence electrons. The molecule has 2 heteroatoms. The molecule has 0 aliphatic carbocycles. The minimum atomic E-state index is 0. The van der Waals surface area contributed by atoms with Crippen LogP contribution in [0.25, 0.3) is 0 Å². The Bertz CT molecular complexity index is 4.00. The van der Waals surface area contributed by atoms with Crippen LogP contribution in [0.4, 0.5) is 0 Å². The molecule has 0 atom stereocenters. The minimum Gasteiger partial charge on any atom is -0.344 e. The van der Waals surface area contributed by atoms with Crippen LogP contribution in [0.1, 0.15) is 0 Å². The van der Waals surface area contributed by atoms with Crippen LogP contribution >= 0.6 is 0 Å². The lowest BCUT2D eigenvalue weighted by Crippen LogP contribution is -1.88. The van der Waals surface area contributed by atoms with E-state index in [2.05, 4.69) is 6.92 Å². The summed E-state index contributed by atoms with van der Waals surface area (Å²) in [6.07, 6.45) is 0. The lowest BCUT2D eigenvalue weighted by molar-refractivity contribution is 1.26. The first-order chi connectivity index (χ1) is 1.41. The Kier molecular flexibility index (Phi) is 28.8. The first-order valence-corrected chi connectivity index (χ1v) is 0.908. The van der Waals surface area contributed by atoms with E-state index in [1.54, 1.807) is 0 Å². The second-order valence-electron chi connectivity index (χ2n) is 0.289. The molecule has 0 spiro atoms. The van der Waals surface area contributed by atoms with Gasteiger partial charge in [0, 0.05) is 0 Å². The molecule has 0 aromatic rings. The summed E-state index contributed by atoms with van der Waals surface area (Å²) in [6.45, 7) is 3.76. The summed E-state index contributed by atoms with van der Waals surface area (Å²) in [5.41, 5.74) is 4.74. The van der Waals surface area contributed by atoms with Gasteiger partial charge in [0.25, 0.3) is 0 Å². The van der Waals surface area contributed by atoms with Gasteiger partial charge in [-0.15, -0.1) is 0 Å². The molecule has 0 aliphatic rings. The first-order valence-electron chi connectivity index (χ1n) is 0.908. The van der Waals surface area contributed by atoms with E-state index in [-0.39, 0.29) is 6.15 Å². The average Bonchev–Trinajstić information content (AvgIpc) is 0.918. The molecule has 0 saturated heterocycles. The highest BCUT2D eigenvalue weighted by molar-refractivity contribution is 4.25. The number of rotatable bonds is 0. The lowest BCUT2D eigenvalue weighted by atomic mass is 10.8. The van der Waals surface area contributed by atoms with Gasteiger partial charge in [-0.25, -0.2) is 0 Å². The molecule has 0 unspecified atom stereocenters. The molecule has 1 radical (unpaired) electrons. The zero-order chi connectivity index (χ0) is 2.71. The second-order valence-corrected chi connectivity index (χ2v) is 0.289. The summed E-state index contributed by atoms with van der Waals surface area (Å²) in [7, 11) is 0. The maximum atomic E-state index is 4.74. The number of nitrogens with two attached hydrogens (primary N) is 1. The Morgan fingerprint density at radius 1 is 1.75 bits per heavy atom. The Hall–Kier alpha value is -0.0800. The second kappa shape index (κ2) is 12.7. The third kappa shape index (κ3) is 254. The summed E-state index contributed by atoms with van der Waals surface area (Å²) >= 11 is 0. The zero-order valence-corrected chi connectivity index (χ0v) is 2.70. The van der Waals surface area contributed by atoms with Crippen LogP contribution in [0.3, 0.4) is 0 Å². The van der Waals surface area contributed by atoms with E-state index in [0.717, 1.165) is 0 Å². The molecule has 2 nitrogen and oxygen atoms in total. The Balaban J connectivity index is 0. The topological polar surface area (TPSA) is 61.0 Å². The summed E-state index contributed by atoms with van der Waals surface area (Å²) in [6, 6.07) is 0. The predicted octanol–water partition coefficient (Wildman–Crippen LogP) is -0.0588. The largest absolute Gasteiger partial charge is 0.344 e. The molecule has 0 aliphatic heterocycles. The van der Waals surface area contributed by atoms with Crippen LogP contribution < -0.4 is 11.9 Å².